The van der Waals surface area contributed by atoms with Crippen LogP contribution in [0.25, 0.3) is 0 Å². The van der Waals surface area contributed by atoms with Crippen LogP contribution < -0.4 is 0 Å². The van der Waals surface area contributed by atoms with Gasteiger partial charge in [0, 0.05) is 43.6 Å². The van der Waals surface area contributed by atoms with Gasteiger partial charge < -0.3 is 4.90 Å². The maximum absolute atomic E-state index is 13.1. The number of amides is 1. The molecular weight excluding hydrogens is 430 g/mol. The highest BCUT2D eigenvalue weighted by molar-refractivity contribution is 7.88. The van der Waals surface area contributed by atoms with Crippen molar-refractivity contribution in [1.29, 1.82) is 0 Å². The van der Waals surface area contributed by atoms with Gasteiger partial charge in [0.05, 0.1) is 12.3 Å². The Hall–Kier alpha value is -1.74. The van der Waals surface area contributed by atoms with Crippen LogP contribution in [0.1, 0.15) is 34.9 Å². The normalized spacial score (nSPS) is 23.0. The minimum Gasteiger partial charge on any atom is -0.339 e. The van der Waals surface area contributed by atoms with E-state index < -0.39 is 10.0 Å². The number of sulfonamides is 1. The molecule has 1 aromatic carbocycles. The lowest BCUT2D eigenvalue weighted by Crippen LogP contribution is -2.53. The summed E-state index contributed by atoms with van der Waals surface area (Å²) in [6.07, 6.45) is 3.53. The van der Waals surface area contributed by atoms with Crippen molar-refractivity contribution < 1.29 is 13.2 Å². The summed E-state index contributed by atoms with van der Waals surface area (Å²) in [6, 6.07) is 11.9. The fourth-order valence-electron chi connectivity index (χ4n) is 4.91. The Labute approximate surface area is 188 Å². The molecule has 2 aromatic rings. The predicted octanol–water partition coefficient (Wildman–Crippen LogP) is 2.73. The Balaban J connectivity index is 1.18. The van der Waals surface area contributed by atoms with Crippen LogP contribution in [0.4, 0.5) is 0 Å². The maximum Gasteiger partial charge on any atom is 0.236 e. The predicted molar refractivity (Wildman–Crippen MR) is 122 cm³/mol. The zero-order chi connectivity index (χ0) is 21.4. The van der Waals surface area contributed by atoms with Gasteiger partial charge in [-0.2, -0.15) is 4.31 Å². The lowest BCUT2D eigenvalue weighted by atomic mass is 9.96. The maximum atomic E-state index is 13.1. The standard InChI is InChI=1S/C23H29N3O3S2/c27-22(16-25-10-8-21-20(9-15-30-21)23(25)19-6-7-19)24-11-13-26(14-12-24)31(28,29)17-18-4-2-1-3-5-18/h1-5,9,15,19,23H,6-8,10-14,16-17H2/t23-/m0/s1. The Morgan fingerprint density at radius 3 is 2.45 bits per heavy atom. The molecule has 1 amide bonds. The van der Waals surface area contributed by atoms with E-state index >= 15 is 0 Å². The van der Waals surface area contributed by atoms with Crippen LogP contribution in [0, 0.1) is 5.92 Å². The molecule has 166 valence electrons. The summed E-state index contributed by atoms with van der Waals surface area (Å²) >= 11 is 1.84. The molecule has 3 heterocycles. The van der Waals surface area contributed by atoms with Crippen molar-refractivity contribution in [1.82, 2.24) is 14.1 Å². The van der Waals surface area contributed by atoms with Gasteiger partial charge >= 0.3 is 0 Å². The molecule has 0 N–H and O–H groups in total. The van der Waals surface area contributed by atoms with E-state index in [0.717, 1.165) is 18.5 Å². The smallest absolute Gasteiger partial charge is 0.236 e. The highest BCUT2D eigenvalue weighted by Gasteiger charge is 2.41. The summed E-state index contributed by atoms with van der Waals surface area (Å²) in [4.78, 5) is 18.8. The summed E-state index contributed by atoms with van der Waals surface area (Å²) in [5.74, 6) is 0.826. The molecule has 5 rings (SSSR count). The van der Waals surface area contributed by atoms with Crippen molar-refractivity contribution in [2.24, 2.45) is 5.92 Å². The fraction of sp³-hybridized carbons (Fsp3) is 0.522. The summed E-state index contributed by atoms with van der Waals surface area (Å²) in [5, 5.41) is 2.18. The molecule has 1 atom stereocenters. The Morgan fingerprint density at radius 2 is 1.74 bits per heavy atom. The van der Waals surface area contributed by atoms with Gasteiger partial charge in [0.25, 0.3) is 0 Å². The minimum absolute atomic E-state index is 0.0155. The van der Waals surface area contributed by atoms with Crippen LogP contribution >= 0.6 is 11.3 Å². The van der Waals surface area contributed by atoms with Gasteiger partial charge in [-0.15, -0.1) is 11.3 Å². The number of fused-ring (bicyclic) bond motifs is 1. The second-order valence-electron chi connectivity index (χ2n) is 8.82. The number of carbonyl (C=O) groups is 1. The lowest BCUT2D eigenvalue weighted by molar-refractivity contribution is -0.134. The Morgan fingerprint density at radius 1 is 1.00 bits per heavy atom. The van der Waals surface area contributed by atoms with Crippen LogP contribution in [-0.4, -0.2) is 67.7 Å². The monoisotopic (exact) mass is 459 g/mol. The molecule has 0 radical (unpaired) electrons. The topological polar surface area (TPSA) is 60.9 Å². The zero-order valence-electron chi connectivity index (χ0n) is 17.7. The second kappa shape index (κ2) is 8.65. The molecule has 1 saturated heterocycles. The highest BCUT2D eigenvalue weighted by atomic mass is 32.2. The van der Waals surface area contributed by atoms with Crippen LogP contribution in [0.15, 0.2) is 41.8 Å². The van der Waals surface area contributed by atoms with Gasteiger partial charge in [0.1, 0.15) is 0 Å². The van der Waals surface area contributed by atoms with Gasteiger partial charge in [0.2, 0.25) is 15.9 Å². The number of nitrogens with zero attached hydrogens (tertiary/aromatic N) is 3. The van der Waals surface area contributed by atoms with Crippen molar-refractivity contribution in [3.05, 3.63) is 57.8 Å². The van der Waals surface area contributed by atoms with Crippen molar-refractivity contribution in [2.75, 3.05) is 39.3 Å². The minimum atomic E-state index is -3.37. The molecule has 1 aromatic heterocycles. The first-order valence-electron chi connectivity index (χ1n) is 11.1. The number of benzene rings is 1. The zero-order valence-corrected chi connectivity index (χ0v) is 19.3. The molecule has 1 saturated carbocycles. The highest BCUT2D eigenvalue weighted by Crippen LogP contribution is 2.48. The summed E-state index contributed by atoms with van der Waals surface area (Å²) in [6.45, 7) is 3.07. The molecule has 0 unspecified atom stereocenters. The second-order valence-corrected chi connectivity index (χ2v) is 11.8. The number of rotatable bonds is 6. The first-order valence-corrected chi connectivity index (χ1v) is 13.6. The number of hydrogen-bond donors (Lipinski definition) is 0. The fourth-order valence-corrected chi connectivity index (χ4v) is 7.33. The molecule has 1 aliphatic carbocycles. The largest absolute Gasteiger partial charge is 0.339 e. The number of thiophene rings is 1. The molecule has 31 heavy (non-hydrogen) atoms. The SMILES string of the molecule is O=C(CN1CCc2sccc2[C@@H]1C1CC1)N1CCN(S(=O)(=O)Cc2ccccc2)CC1. The molecule has 0 bridgehead atoms. The molecule has 2 fully saturated rings. The van der Waals surface area contributed by atoms with E-state index in [0.29, 0.717) is 44.7 Å². The van der Waals surface area contributed by atoms with E-state index in [1.54, 1.807) is 0 Å². The molecule has 6 nitrogen and oxygen atoms in total. The molecular formula is C23H29N3O3S2. The van der Waals surface area contributed by atoms with Crippen molar-refractivity contribution in [3.8, 4) is 0 Å². The third kappa shape index (κ3) is 4.58. The molecule has 2 aliphatic heterocycles. The molecule has 0 spiro atoms. The average molecular weight is 460 g/mol. The van der Waals surface area contributed by atoms with Gasteiger partial charge in [0.15, 0.2) is 0 Å². The van der Waals surface area contributed by atoms with E-state index in [1.165, 1.54) is 27.6 Å². The van der Waals surface area contributed by atoms with Crippen molar-refractivity contribution >= 4 is 27.3 Å². The van der Waals surface area contributed by atoms with Gasteiger partial charge in [-0.25, -0.2) is 8.42 Å². The number of hydrogen-bond acceptors (Lipinski definition) is 5. The van der Waals surface area contributed by atoms with E-state index in [1.807, 2.05) is 46.6 Å². The third-order valence-electron chi connectivity index (χ3n) is 6.70. The van der Waals surface area contributed by atoms with E-state index in [2.05, 4.69) is 16.3 Å². The van der Waals surface area contributed by atoms with Crippen LogP contribution in [0.3, 0.4) is 0 Å². The Bertz CT molecular complexity index is 1030. The summed E-state index contributed by atoms with van der Waals surface area (Å²) in [7, 11) is -3.37. The van der Waals surface area contributed by atoms with Crippen LogP contribution in [0.5, 0.6) is 0 Å². The van der Waals surface area contributed by atoms with Gasteiger partial charge in [-0.1, -0.05) is 30.3 Å². The first-order chi connectivity index (χ1) is 15.0. The summed E-state index contributed by atoms with van der Waals surface area (Å²) in [5.41, 5.74) is 2.23. The molecule has 3 aliphatic rings. The van der Waals surface area contributed by atoms with Gasteiger partial charge in [-0.3, -0.25) is 9.69 Å². The van der Waals surface area contributed by atoms with Crippen LogP contribution in [0.2, 0.25) is 0 Å². The van der Waals surface area contributed by atoms with Crippen molar-refractivity contribution in [2.45, 2.75) is 31.1 Å². The van der Waals surface area contributed by atoms with E-state index in [-0.39, 0.29) is 11.7 Å². The quantitative estimate of drug-likeness (QED) is 0.667. The first kappa shape index (κ1) is 21.1. The number of piperazine rings is 1. The van der Waals surface area contributed by atoms with Gasteiger partial charge in [-0.05, 0) is 47.8 Å². The third-order valence-corrected chi connectivity index (χ3v) is 9.55. The van der Waals surface area contributed by atoms with Crippen LogP contribution in [-0.2, 0) is 27.0 Å². The Kier molecular flexibility index (Phi) is 5.90. The van der Waals surface area contributed by atoms with E-state index in [9.17, 15) is 13.2 Å². The summed E-state index contributed by atoms with van der Waals surface area (Å²) < 4.78 is 27.1. The van der Waals surface area contributed by atoms with Crippen molar-refractivity contribution in [3.63, 3.8) is 0 Å². The molecule has 8 heteroatoms. The van der Waals surface area contributed by atoms with E-state index in [4.69, 9.17) is 0 Å². The lowest BCUT2D eigenvalue weighted by Gasteiger charge is -2.39. The number of carbonyl (C=O) groups excluding carboxylic acids is 1. The average Bonchev–Trinajstić information content (AvgIpc) is 3.50.